The fourth-order valence-electron chi connectivity index (χ4n) is 1.64. The second-order valence-corrected chi connectivity index (χ2v) is 10.4. The molecule has 0 heterocycles. The van der Waals surface area contributed by atoms with E-state index in [1.165, 1.54) is 0 Å². The van der Waals surface area contributed by atoms with Crippen LogP contribution < -0.4 is 4.89 Å². The maximum absolute atomic E-state index is 10.8. The van der Waals surface area contributed by atoms with E-state index in [2.05, 4.69) is 18.7 Å². The zero-order valence-electron chi connectivity index (χ0n) is 31.8. The minimum Gasteiger partial charge on any atom is -0.479 e. The Morgan fingerprint density at radius 2 is 0.725 bits per heavy atom. The first kappa shape index (κ1) is 66.5. The van der Waals surface area contributed by atoms with Crippen molar-refractivity contribution < 1.29 is 107 Å². The zero-order valence-corrected chi connectivity index (χ0v) is 33.4. The largest absolute Gasteiger partial charge is 2.00 e. The predicted molar refractivity (Wildman–Crippen MR) is 186 cm³/mol. The number of aliphatic carboxylic acids is 4. The SMILES string of the molecule is CC(C)O.CC(C)O.CC(C)O.CC(C)O.CC(C)c1ccc(OO[C@@H](C(=O)O)[C@@H](O)C(=O)O)cc1.O=C(O)C(O)C(O)C(=O)O.[CH2-]C.[CH2-]C.[Ti+2]. The Morgan fingerprint density at radius 3 is 0.902 bits per heavy atom. The van der Waals surface area contributed by atoms with Crippen LogP contribution in [0.4, 0.5) is 0 Å². The Hall–Kier alpha value is -2.71. The van der Waals surface area contributed by atoms with Crippen LogP contribution in [0.1, 0.15) is 94.6 Å². The molecule has 18 heteroatoms. The van der Waals surface area contributed by atoms with Crippen molar-refractivity contribution >= 4 is 23.9 Å². The summed E-state index contributed by atoms with van der Waals surface area (Å²) in [6.07, 6.45) is -9.44. The minimum atomic E-state index is -2.27. The van der Waals surface area contributed by atoms with Crippen LogP contribution in [0.3, 0.4) is 0 Å². The molecule has 0 saturated heterocycles. The fourth-order valence-corrected chi connectivity index (χ4v) is 1.64. The van der Waals surface area contributed by atoms with Gasteiger partial charge < -0.3 is 74.9 Å². The number of aliphatic hydroxyl groups excluding tert-OH is 7. The zero-order chi connectivity index (χ0) is 41.9. The van der Waals surface area contributed by atoms with Gasteiger partial charge in [-0.15, -0.1) is 0 Å². The van der Waals surface area contributed by atoms with Crippen LogP contribution >= 0.6 is 0 Å². The molecule has 0 aliphatic rings. The van der Waals surface area contributed by atoms with E-state index in [1.807, 2.05) is 13.8 Å². The van der Waals surface area contributed by atoms with E-state index in [1.54, 1.807) is 93.5 Å². The van der Waals surface area contributed by atoms with Crippen molar-refractivity contribution in [3.63, 3.8) is 0 Å². The van der Waals surface area contributed by atoms with Gasteiger partial charge in [0.25, 0.3) is 0 Å². The van der Waals surface area contributed by atoms with Gasteiger partial charge in [-0.2, -0.15) is 18.7 Å². The first-order valence-electron chi connectivity index (χ1n) is 15.2. The van der Waals surface area contributed by atoms with Crippen molar-refractivity contribution in [2.45, 2.75) is 138 Å². The number of carboxylic acids is 4. The molecule has 2 unspecified atom stereocenters. The molecular weight excluding hydrogens is 716 g/mol. The predicted octanol–water partition coefficient (Wildman–Crippen LogP) is 2.12. The number of benzene rings is 1. The summed E-state index contributed by atoms with van der Waals surface area (Å²) in [4.78, 5) is 50.1. The third-order valence-corrected chi connectivity index (χ3v) is 3.38. The van der Waals surface area contributed by atoms with Crippen LogP contribution in [-0.2, 0) is 45.8 Å². The van der Waals surface area contributed by atoms with E-state index in [0.717, 1.165) is 5.56 Å². The van der Waals surface area contributed by atoms with Crippen molar-refractivity contribution in [2.75, 3.05) is 0 Å². The van der Waals surface area contributed by atoms with Gasteiger partial charge in [0, 0.05) is 24.4 Å². The molecule has 0 spiro atoms. The Labute approximate surface area is 317 Å². The maximum atomic E-state index is 10.8. The molecule has 11 N–H and O–H groups in total. The molecule has 1 aromatic carbocycles. The Balaban J connectivity index is -0.0000000832. The van der Waals surface area contributed by atoms with E-state index in [9.17, 15) is 19.2 Å². The van der Waals surface area contributed by atoms with E-state index in [4.69, 9.17) is 61.1 Å². The number of aliphatic hydroxyl groups is 7. The standard InChI is InChI=1S/C13H16O7.C4H6O6.4C3H8O.2C2H5.Ti/c1-7(2)8-3-5-9(6-4-8)19-20-11(13(17)18)10(14)12(15)16;5-1(3(7)8)2(6)4(9)10;4*1-3(2)4;2*1-2;/h3-7,10-11,14H,1-2H3,(H,15,16)(H,17,18);1-2,5-6H,(H,7,8)(H,9,10);4*3-4H,1-2H3;2*1H2,2H3;/q;;;;;;2*-1;+2/t10-,11-;;;;;;;;/m1......../s1. The van der Waals surface area contributed by atoms with Crippen LogP contribution in [0.5, 0.6) is 5.75 Å². The van der Waals surface area contributed by atoms with Gasteiger partial charge in [-0.3, -0.25) is 0 Å². The summed E-state index contributed by atoms with van der Waals surface area (Å²) < 4.78 is 0. The van der Waals surface area contributed by atoms with Gasteiger partial charge in [0.1, 0.15) is 0 Å². The van der Waals surface area contributed by atoms with Gasteiger partial charge in [0.2, 0.25) is 6.10 Å². The molecule has 1 aromatic rings. The number of carbonyl (C=O) groups is 4. The quantitative estimate of drug-likeness (QED) is 0.0701. The second kappa shape index (κ2) is 43.5. The number of hydrogen-bond acceptors (Lipinski definition) is 13. The number of hydrogen-bond donors (Lipinski definition) is 11. The molecular formula is C33H64O17Ti. The molecule has 302 valence electrons. The molecule has 4 atom stereocenters. The smallest absolute Gasteiger partial charge is 0.479 e. The van der Waals surface area contributed by atoms with Crippen LogP contribution in [-0.4, -0.2) is 129 Å². The average Bonchev–Trinajstić information content (AvgIpc) is 2.97. The van der Waals surface area contributed by atoms with Crippen LogP contribution in [0.15, 0.2) is 24.3 Å². The number of carboxylic acid groups (broad SMARTS) is 4. The van der Waals surface area contributed by atoms with E-state index in [-0.39, 0.29) is 51.9 Å². The maximum Gasteiger partial charge on any atom is 2.00 e. The van der Waals surface area contributed by atoms with Gasteiger partial charge in [0.05, 0.1) is 0 Å². The summed E-state index contributed by atoms with van der Waals surface area (Å²) in [6, 6.07) is 6.66. The Kier molecular flexibility index (Phi) is 56.7. The average molecular weight is 781 g/mol. The first-order valence-corrected chi connectivity index (χ1v) is 15.2. The molecule has 0 aliphatic carbocycles. The molecule has 0 aliphatic heterocycles. The summed E-state index contributed by atoms with van der Waals surface area (Å²) >= 11 is 0. The number of rotatable bonds is 10. The van der Waals surface area contributed by atoms with Gasteiger partial charge >= 0.3 is 45.6 Å². The van der Waals surface area contributed by atoms with Gasteiger partial charge in [-0.05, 0) is 79.0 Å². The second-order valence-electron chi connectivity index (χ2n) is 10.4. The fraction of sp³-hybridized carbons (Fsp3) is 0.636. The van der Waals surface area contributed by atoms with E-state index >= 15 is 0 Å². The summed E-state index contributed by atoms with van der Waals surface area (Å²) in [6.45, 7) is 27.8. The normalized spacial score (nSPS) is 11.6. The summed E-state index contributed by atoms with van der Waals surface area (Å²) in [5.41, 5.74) is 1.05. The topological polar surface area (TPSA) is 309 Å². The molecule has 0 saturated carbocycles. The first-order chi connectivity index (χ1) is 22.7. The summed E-state index contributed by atoms with van der Waals surface area (Å²) in [5.74, 6) is -6.36. The summed E-state index contributed by atoms with van der Waals surface area (Å²) in [5, 5.41) is 91.2. The van der Waals surface area contributed by atoms with E-state index < -0.39 is 48.3 Å². The van der Waals surface area contributed by atoms with Gasteiger partial charge in [-0.1, -0.05) is 26.0 Å². The molecule has 0 bridgehead atoms. The monoisotopic (exact) mass is 780 g/mol. The third kappa shape index (κ3) is 59.8. The molecule has 0 radical (unpaired) electrons. The molecule has 17 nitrogen and oxygen atoms in total. The third-order valence-electron chi connectivity index (χ3n) is 3.38. The van der Waals surface area contributed by atoms with Crippen molar-refractivity contribution in [3.8, 4) is 5.75 Å². The van der Waals surface area contributed by atoms with Crippen LogP contribution in [0.2, 0.25) is 0 Å². The molecule has 0 fully saturated rings. The Bertz CT molecular complexity index is 871. The van der Waals surface area contributed by atoms with Crippen molar-refractivity contribution in [1.29, 1.82) is 0 Å². The van der Waals surface area contributed by atoms with Gasteiger partial charge in [0.15, 0.2) is 24.1 Å². The molecule has 51 heavy (non-hydrogen) atoms. The Morgan fingerprint density at radius 1 is 0.490 bits per heavy atom. The van der Waals surface area contributed by atoms with Gasteiger partial charge in [-0.25, -0.2) is 19.2 Å². The van der Waals surface area contributed by atoms with Crippen LogP contribution in [0.25, 0.3) is 0 Å². The molecule has 0 amide bonds. The molecule has 0 aromatic heterocycles. The summed E-state index contributed by atoms with van der Waals surface area (Å²) in [7, 11) is 0. The minimum absolute atomic E-state index is 0. The van der Waals surface area contributed by atoms with Crippen LogP contribution in [0, 0.1) is 13.8 Å². The van der Waals surface area contributed by atoms with E-state index in [0.29, 0.717) is 5.92 Å². The van der Waals surface area contributed by atoms with Crippen molar-refractivity contribution in [3.05, 3.63) is 43.7 Å². The molecule has 1 rings (SSSR count). The van der Waals surface area contributed by atoms with Crippen molar-refractivity contribution in [2.24, 2.45) is 0 Å². The van der Waals surface area contributed by atoms with Crippen molar-refractivity contribution in [1.82, 2.24) is 0 Å².